The summed E-state index contributed by atoms with van der Waals surface area (Å²) in [7, 11) is 0. The Morgan fingerprint density at radius 3 is 3.00 bits per heavy atom. The molecule has 1 aliphatic heterocycles. The molecule has 1 aliphatic rings. The number of benzene rings is 1. The van der Waals surface area contributed by atoms with Crippen LogP contribution in [0.15, 0.2) is 18.2 Å². The fourth-order valence-electron chi connectivity index (χ4n) is 2.44. The monoisotopic (exact) mass is 270 g/mol. The molecule has 100 valence electrons. The first-order chi connectivity index (χ1) is 8.69. The van der Waals surface area contributed by atoms with Crippen molar-refractivity contribution in [1.29, 1.82) is 0 Å². The zero-order valence-electron chi connectivity index (χ0n) is 10.8. The third kappa shape index (κ3) is 3.67. The van der Waals surface area contributed by atoms with Gasteiger partial charge in [0.15, 0.2) is 0 Å². The molecule has 1 aromatic carbocycles. The summed E-state index contributed by atoms with van der Waals surface area (Å²) in [6.45, 7) is 5.91. The van der Waals surface area contributed by atoms with Gasteiger partial charge >= 0.3 is 0 Å². The lowest BCUT2D eigenvalue weighted by Gasteiger charge is -2.24. The average molecular weight is 271 g/mol. The SMILES string of the molecule is CCN(Cc1cc(F)ccc1Cl)CC1CCCN1. The van der Waals surface area contributed by atoms with E-state index >= 15 is 0 Å². The van der Waals surface area contributed by atoms with Crippen molar-refractivity contribution >= 4 is 11.6 Å². The minimum atomic E-state index is -0.218. The molecule has 1 aromatic rings. The minimum Gasteiger partial charge on any atom is -0.313 e. The molecule has 18 heavy (non-hydrogen) atoms. The molecule has 0 radical (unpaired) electrons. The maximum Gasteiger partial charge on any atom is 0.123 e. The van der Waals surface area contributed by atoms with Crippen LogP contribution in [0.5, 0.6) is 0 Å². The molecular weight excluding hydrogens is 251 g/mol. The van der Waals surface area contributed by atoms with Gasteiger partial charge in [0.05, 0.1) is 0 Å². The van der Waals surface area contributed by atoms with Crippen LogP contribution in [0.4, 0.5) is 4.39 Å². The van der Waals surface area contributed by atoms with E-state index in [4.69, 9.17) is 11.6 Å². The van der Waals surface area contributed by atoms with E-state index in [1.807, 2.05) is 0 Å². The third-order valence-electron chi connectivity index (χ3n) is 3.49. The summed E-state index contributed by atoms with van der Waals surface area (Å²) < 4.78 is 13.2. The van der Waals surface area contributed by atoms with E-state index in [0.29, 0.717) is 17.6 Å². The summed E-state index contributed by atoms with van der Waals surface area (Å²) in [6, 6.07) is 5.14. The second-order valence-electron chi connectivity index (χ2n) is 4.86. The fourth-order valence-corrected chi connectivity index (χ4v) is 2.61. The van der Waals surface area contributed by atoms with Gasteiger partial charge in [-0.2, -0.15) is 0 Å². The highest BCUT2D eigenvalue weighted by molar-refractivity contribution is 6.31. The molecule has 1 unspecified atom stereocenters. The number of hydrogen-bond acceptors (Lipinski definition) is 2. The van der Waals surface area contributed by atoms with Crippen molar-refractivity contribution in [2.75, 3.05) is 19.6 Å². The van der Waals surface area contributed by atoms with Gasteiger partial charge in [0.25, 0.3) is 0 Å². The van der Waals surface area contributed by atoms with Crippen LogP contribution in [-0.4, -0.2) is 30.6 Å². The van der Waals surface area contributed by atoms with E-state index in [-0.39, 0.29) is 5.82 Å². The van der Waals surface area contributed by atoms with E-state index in [9.17, 15) is 4.39 Å². The van der Waals surface area contributed by atoms with Crippen molar-refractivity contribution < 1.29 is 4.39 Å². The first kappa shape index (κ1) is 13.8. The van der Waals surface area contributed by atoms with Crippen molar-refractivity contribution in [2.24, 2.45) is 0 Å². The summed E-state index contributed by atoms with van der Waals surface area (Å²) >= 11 is 6.10. The Morgan fingerprint density at radius 2 is 2.33 bits per heavy atom. The van der Waals surface area contributed by atoms with Crippen LogP contribution in [0.1, 0.15) is 25.3 Å². The van der Waals surface area contributed by atoms with Crippen LogP contribution in [0.2, 0.25) is 5.02 Å². The maximum absolute atomic E-state index is 13.2. The molecule has 4 heteroatoms. The molecule has 1 saturated heterocycles. The second kappa shape index (κ2) is 6.50. The molecule has 0 amide bonds. The fraction of sp³-hybridized carbons (Fsp3) is 0.571. The smallest absolute Gasteiger partial charge is 0.123 e. The van der Waals surface area contributed by atoms with E-state index in [2.05, 4.69) is 17.1 Å². The Morgan fingerprint density at radius 1 is 1.50 bits per heavy atom. The first-order valence-electron chi connectivity index (χ1n) is 6.58. The van der Waals surface area contributed by atoms with E-state index in [0.717, 1.165) is 25.2 Å². The molecular formula is C14H20ClFN2. The predicted molar refractivity (Wildman–Crippen MR) is 73.4 cm³/mol. The van der Waals surface area contributed by atoms with Gasteiger partial charge in [-0.15, -0.1) is 0 Å². The molecule has 2 nitrogen and oxygen atoms in total. The topological polar surface area (TPSA) is 15.3 Å². The van der Waals surface area contributed by atoms with Crippen LogP contribution < -0.4 is 5.32 Å². The molecule has 1 N–H and O–H groups in total. The van der Waals surface area contributed by atoms with Gasteiger partial charge in [0.2, 0.25) is 0 Å². The summed E-state index contributed by atoms with van der Waals surface area (Å²) in [5.41, 5.74) is 0.872. The highest BCUT2D eigenvalue weighted by Crippen LogP contribution is 2.19. The Bertz CT molecular complexity index is 391. The number of nitrogens with one attached hydrogen (secondary N) is 1. The third-order valence-corrected chi connectivity index (χ3v) is 3.86. The Hall–Kier alpha value is -0.640. The summed E-state index contributed by atoms with van der Waals surface area (Å²) in [5.74, 6) is -0.218. The maximum atomic E-state index is 13.2. The van der Waals surface area contributed by atoms with E-state index in [1.54, 1.807) is 6.07 Å². The van der Waals surface area contributed by atoms with Crippen LogP contribution >= 0.6 is 11.6 Å². The Labute approximate surface area is 113 Å². The van der Waals surface area contributed by atoms with Crippen LogP contribution in [0.3, 0.4) is 0 Å². The van der Waals surface area contributed by atoms with Crippen LogP contribution in [0, 0.1) is 5.82 Å². The molecule has 0 saturated carbocycles. The van der Waals surface area contributed by atoms with Gasteiger partial charge < -0.3 is 5.32 Å². The molecule has 1 fully saturated rings. The first-order valence-corrected chi connectivity index (χ1v) is 6.96. The molecule has 0 spiro atoms. The lowest BCUT2D eigenvalue weighted by molar-refractivity contribution is 0.253. The second-order valence-corrected chi connectivity index (χ2v) is 5.26. The number of likely N-dealkylation sites (N-methyl/N-ethyl adjacent to an activating group) is 1. The Balaban J connectivity index is 1.98. The zero-order chi connectivity index (χ0) is 13.0. The summed E-state index contributed by atoms with van der Waals surface area (Å²) in [4.78, 5) is 2.31. The van der Waals surface area contributed by atoms with Gasteiger partial charge in [0.1, 0.15) is 5.82 Å². The summed E-state index contributed by atoms with van der Waals surface area (Å²) in [5, 5.41) is 4.13. The van der Waals surface area contributed by atoms with Gasteiger partial charge in [0, 0.05) is 24.2 Å². The molecule has 1 heterocycles. The minimum absolute atomic E-state index is 0.218. The molecule has 0 bridgehead atoms. The normalized spacial score (nSPS) is 19.7. The molecule has 1 atom stereocenters. The van der Waals surface area contributed by atoms with Crippen LogP contribution in [-0.2, 0) is 6.54 Å². The van der Waals surface area contributed by atoms with Crippen molar-refractivity contribution in [3.63, 3.8) is 0 Å². The van der Waals surface area contributed by atoms with Gasteiger partial charge in [-0.25, -0.2) is 4.39 Å². The lowest BCUT2D eigenvalue weighted by atomic mass is 10.1. The highest BCUT2D eigenvalue weighted by Gasteiger charge is 2.17. The van der Waals surface area contributed by atoms with Crippen molar-refractivity contribution in [1.82, 2.24) is 10.2 Å². The number of hydrogen-bond donors (Lipinski definition) is 1. The Kier molecular flexibility index (Phi) is 4.98. The summed E-state index contributed by atoms with van der Waals surface area (Å²) in [6.07, 6.45) is 2.48. The molecule has 2 rings (SSSR count). The van der Waals surface area contributed by atoms with E-state index in [1.165, 1.54) is 25.0 Å². The van der Waals surface area contributed by atoms with Crippen molar-refractivity contribution in [3.8, 4) is 0 Å². The van der Waals surface area contributed by atoms with Gasteiger partial charge in [-0.1, -0.05) is 18.5 Å². The molecule has 0 aromatic heterocycles. The lowest BCUT2D eigenvalue weighted by Crippen LogP contribution is -2.37. The average Bonchev–Trinajstić information content (AvgIpc) is 2.85. The number of halogens is 2. The van der Waals surface area contributed by atoms with Crippen LogP contribution in [0.25, 0.3) is 0 Å². The number of rotatable bonds is 5. The van der Waals surface area contributed by atoms with Crippen molar-refractivity contribution in [2.45, 2.75) is 32.4 Å². The standard InChI is InChI=1S/C14H20ClFN2/c1-2-18(10-13-4-3-7-17-13)9-11-8-12(16)5-6-14(11)15/h5-6,8,13,17H,2-4,7,9-10H2,1H3. The van der Waals surface area contributed by atoms with Gasteiger partial charge in [-0.3, -0.25) is 4.90 Å². The van der Waals surface area contributed by atoms with Gasteiger partial charge in [-0.05, 0) is 49.7 Å². The largest absolute Gasteiger partial charge is 0.313 e. The quantitative estimate of drug-likeness (QED) is 0.885. The number of nitrogens with zero attached hydrogens (tertiary/aromatic N) is 1. The molecule has 0 aliphatic carbocycles. The predicted octanol–water partition coefficient (Wildman–Crippen LogP) is 3.05. The van der Waals surface area contributed by atoms with Crippen molar-refractivity contribution in [3.05, 3.63) is 34.6 Å². The zero-order valence-corrected chi connectivity index (χ0v) is 11.5. The highest BCUT2D eigenvalue weighted by atomic mass is 35.5. The van der Waals surface area contributed by atoms with E-state index < -0.39 is 0 Å².